The van der Waals surface area contributed by atoms with Gasteiger partial charge in [0.2, 0.25) is 0 Å². The molecule has 0 aliphatic heterocycles. The number of rotatable bonds is 1. The summed E-state index contributed by atoms with van der Waals surface area (Å²) in [5.74, 6) is 3.28. The van der Waals surface area contributed by atoms with Gasteiger partial charge in [0.1, 0.15) is 0 Å². The third kappa shape index (κ3) is 1.94. The molecule has 2 aliphatic carbocycles. The van der Waals surface area contributed by atoms with Gasteiger partial charge >= 0.3 is 0 Å². The van der Waals surface area contributed by atoms with E-state index in [1.165, 1.54) is 19.3 Å². The predicted molar refractivity (Wildman–Crippen MR) is 62.1 cm³/mol. The fourth-order valence-electron chi connectivity index (χ4n) is 2.85. The topological polar surface area (TPSA) is 0 Å². The average Bonchev–Trinajstić information content (AvgIpc) is 2.16. The van der Waals surface area contributed by atoms with Crippen LogP contribution in [-0.4, -0.2) is 0 Å². The summed E-state index contributed by atoms with van der Waals surface area (Å²) in [6.07, 6.45) is 11.5. The summed E-state index contributed by atoms with van der Waals surface area (Å²) < 4.78 is 0. The molecule has 0 N–H and O–H groups in total. The van der Waals surface area contributed by atoms with Crippen LogP contribution in [0.4, 0.5) is 0 Å². The molecule has 0 heteroatoms. The van der Waals surface area contributed by atoms with Crippen molar-refractivity contribution in [3.05, 3.63) is 23.8 Å². The molecule has 78 valence electrons. The van der Waals surface area contributed by atoms with Gasteiger partial charge in [-0.2, -0.15) is 0 Å². The zero-order chi connectivity index (χ0) is 10.1. The molecule has 1 fully saturated rings. The minimum Gasteiger partial charge on any atom is -0.0813 e. The summed E-state index contributed by atoms with van der Waals surface area (Å²) in [7, 11) is 0. The molecule has 1 saturated carbocycles. The Kier molecular flexibility index (Phi) is 2.80. The highest BCUT2D eigenvalue weighted by Crippen LogP contribution is 2.40. The maximum absolute atomic E-state index is 2.49. The summed E-state index contributed by atoms with van der Waals surface area (Å²) in [4.78, 5) is 0. The quantitative estimate of drug-likeness (QED) is 0.544. The van der Waals surface area contributed by atoms with Crippen LogP contribution in [0.1, 0.15) is 40.0 Å². The highest BCUT2D eigenvalue weighted by Gasteiger charge is 2.27. The van der Waals surface area contributed by atoms with E-state index >= 15 is 0 Å². The summed E-state index contributed by atoms with van der Waals surface area (Å²) in [5.41, 5.74) is 1.72. The molecule has 0 heterocycles. The Bertz CT molecular complexity index is 257. The van der Waals surface area contributed by atoms with Crippen LogP contribution in [0.15, 0.2) is 23.8 Å². The van der Waals surface area contributed by atoms with Gasteiger partial charge in [0.25, 0.3) is 0 Å². The summed E-state index contributed by atoms with van der Waals surface area (Å²) in [5, 5.41) is 0. The monoisotopic (exact) mass is 190 g/mol. The van der Waals surface area contributed by atoms with E-state index in [0.717, 1.165) is 17.8 Å². The van der Waals surface area contributed by atoms with Crippen LogP contribution < -0.4 is 0 Å². The average molecular weight is 190 g/mol. The van der Waals surface area contributed by atoms with Crippen molar-refractivity contribution in [1.82, 2.24) is 0 Å². The van der Waals surface area contributed by atoms with E-state index < -0.39 is 0 Å². The molecular weight excluding hydrogens is 168 g/mol. The SMILES string of the molecule is CC1C=CC2CC(C(C)C)CCC2=C1. The molecule has 0 aromatic rings. The summed E-state index contributed by atoms with van der Waals surface area (Å²) in [6.45, 7) is 7.03. The van der Waals surface area contributed by atoms with Gasteiger partial charge in [0.15, 0.2) is 0 Å². The number of hydrogen-bond donors (Lipinski definition) is 0. The molecular formula is C14H22. The van der Waals surface area contributed by atoms with E-state index in [1.807, 2.05) is 0 Å². The van der Waals surface area contributed by atoms with Crippen molar-refractivity contribution in [3.63, 3.8) is 0 Å². The van der Waals surface area contributed by atoms with Crippen molar-refractivity contribution < 1.29 is 0 Å². The van der Waals surface area contributed by atoms with Crippen LogP contribution in [0.5, 0.6) is 0 Å². The molecule has 0 radical (unpaired) electrons. The van der Waals surface area contributed by atoms with Crippen LogP contribution in [-0.2, 0) is 0 Å². The molecule has 14 heavy (non-hydrogen) atoms. The first-order chi connectivity index (χ1) is 6.66. The van der Waals surface area contributed by atoms with Gasteiger partial charge in [-0.25, -0.2) is 0 Å². The zero-order valence-electron chi connectivity index (χ0n) is 9.66. The molecule has 0 bridgehead atoms. The lowest BCUT2D eigenvalue weighted by molar-refractivity contribution is 0.280. The standard InChI is InChI=1S/C14H22/c1-10(2)12-6-7-13-8-11(3)4-5-14(13)9-12/h4-5,8,10-12,14H,6-7,9H2,1-3H3. The molecule has 3 unspecified atom stereocenters. The van der Waals surface area contributed by atoms with Gasteiger partial charge in [0.05, 0.1) is 0 Å². The van der Waals surface area contributed by atoms with E-state index in [9.17, 15) is 0 Å². The molecule has 0 aromatic carbocycles. The maximum atomic E-state index is 2.49. The molecule has 0 saturated heterocycles. The first kappa shape index (κ1) is 10.0. The Morgan fingerprint density at radius 2 is 2.07 bits per heavy atom. The zero-order valence-corrected chi connectivity index (χ0v) is 9.66. The fraction of sp³-hybridized carbons (Fsp3) is 0.714. The highest BCUT2D eigenvalue weighted by atomic mass is 14.3. The van der Waals surface area contributed by atoms with Crippen LogP contribution >= 0.6 is 0 Å². The van der Waals surface area contributed by atoms with Crippen molar-refractivity contribution in [3.8, 4) is 0 Å². The number of hydrogen-bond acceptors (Lipinski definition) is 0. The maximum Gasteiger partial charge on any atom is -0.00201 e. The Balaban J connectivity index is 2.05. The van der Waals surface area contributed by atoms with E-state index in [-0.39, 0.29) is 0 Å². The van der Waals surface area contributed by atoms with Gasteiger partial charge in [0, 0.05) is 0 Å². The first-order valence-electron chi connectivity index (χ1n) is 6.05. The van der Waals surface area contributed by atoms with E-state index in [0.29, 0.717) is 5.92 Å². The van der Waals surface area contributed by atoms with E-state index in [4.69, 9.17) is 0 Å². The van der Waals surface area contributed by atoms with Crippen molar-refractivity contribution >= 4 is 0 Å². The third-order valence-corrected chi connectivity index (χ3v) is 3.90. The smallest absolute Gasteiger partial charge is 0.00201 e. The molecule has 2 aliphatic rings. The van der Waals surface area contributed by atoms with Gasteiger partial charge in [-0.1, -0.05) is 44.6 Å². The van der Waals surface area contributed by atoms with Crippen LogP contribution in [0.25, 0.3) is 0 Å². The first-order valence-corrected chi connectivity index (χ1v) is 6.05. The second-order valence-corrected chi connectivity index (χ2v) is 5.37. The number of fused-ring (bicyclic) bond motifs is 1. The minimum absolute atomic E-state index is 0.678. The van der Waals surface area contributed by atoms with E-state index in [1.54, 1.807) is 5.57 Å². The fourth-order valence-corrected chi connectivity index (χ4v) is 2.85. The van der Waals surface area contributed by atoms with Gasteiger partial charge < -0.3 is 0 Å². The van der Waals surface area contributed by atoms with Gasteiger partial charge in [-0.3, -0.25) is 0 Å². The lowest BCUT2D eigenvalue weighted by Crippen LogP contribution is -2.22. The minimum atomic E-state index is 0.678. The molecule has 0 aromatic heterocycles. The van der Waals surface area contributed by atoms with Crippen LogP contribution in [0, 0.1) is 23.7 Å². The molecule has 2 rings (SSSR count). The lowest BCUT2D eigenvalue weighted by Gasteiger charge is -2.34. The summed E-state index contributed by atoms with van der Waals surface area (Å²) in [6, 6.07) is 0. The van der Waals surface area contributed by atoms with Crippen LogP contribution in [0.2, 0.25) is 0 Å². The molecule has 0 spiro atoms. The van der Waals surface area contributed by atoms with Crippen molar-refractivity contribution in [2.24, 2.45) is 23.7 Å². The van der Waals surface area contributed by atoms with Gasteiger partial charge in [-0.05, 0) is 42.9 Å². The van der Waals surface area contributed by atoms with Crippen LogP contribution in [0.3, 0.4) is 0 Å². The Hall–Kier alpha value is -0.520. The molecule has 0 nitrogen and oxygen atoms in total. The highest BCUT2D eigenvalue weighted by molar-refractivity contribution is 5.23. The largest absolute Gasteiger partial charge is 0.0813 e. The van der Waals surface area contributed by atoms with Gasteiger partial charge in [-0.15, -0.1) is 0 Å². The third-order valence-electron chi connectivity index (χ3n) is 3.90. The Morgan fingerprint density at radius 1 is 1.29 bits per heavy atom. The normalized spacial score (nSPS) is 36.9. The molecule has 0 amide bonds. The van der Waals surface area contributed by atoms with Crippen molar-refractivity contribution in [2.75, 3.05) is 0 Å². The van der Waals surface area contributed by atoms with Crippen molar-refractivity contribution in [1.29, 1.82) is 0 Å². The Labute approximate surface area is 88.1 Å². The summed E-state index contributed by atoms with van der Waals surface area (Å²) >= 11 is 0. The predicted octanol–water partition coefficient (Wildman–Crippen LogP) is 4.19. The number of allylic oxidation sites excluding steroid dienone is 4. The second kappa shape index (κ2) is 3.92. The lowest BCUT2D eigenvalue weighted by atomic mass is 9.71. The molecule has 3 atom stereocenters. The Morgan fingerprint density at radius 3 is 2.79 bits per heavy atom. The van der Waals surface area contributed by atoms with E-state index in [2.05, 4.69) is 39.0 Å². The van der Waals surface area contributed by atoms with Crippen molar-refractivity contribution in [2.45, 2.75) is 40.0 Å². The second-order valence-electron chi connectivity index (χ2n) is 5.37.